The van der Waals surface area contributed by atoms with Crippen molar-refractivity contribution in [1.29, 1.82) is 0 Å². The molecule has 1 fully saturated rings. The van der Waals surface area contributed by atoms with E-state index >= 15 is 0 Å². The van der Waals surface area contributed by atoms with Crippen molar-refractivity contribution < 1.29 is 17.9 Å². The summed E-state index contributed by atoms with van der Waals surface area (Å²) in [6, 6.07) is 9.88. The van der Waals surface area contributed by atoms with Gasteiger partial charge in [-0.3, -0.25) is 4.90 Å². The molecule has 1 aliphatic heterocycles. The Labute approximate surface area is 236 Å². The molecule has 0 spiro atoms. The first kappa shape index (κ1) is 27.7. The SMILES string of the molecule is FC(F)(F)c1ccc(Nc2nc(NCCCN3CCOCC3)nc3sc(Nc4c(Cl)cccc4Cl)nc23)cc1. The molecule has 3 heterocycles. The third-order valence-corrected chi connectivity index (χ3v) is 7.46. The lowest BCUT2D eigenvalue weighted by Gasteiger charge is -2.26. The number of nitrogens with zero attached hydrogens (tertiary/aromatic N) is 4. The van der Waals surface area contributed by atoms with Crippen LogP contribution in [0.3, 0.4) is 0 Å². The van der Waals surface area contributed by atoms with Gasteiger partial charge in [-0.25, -0.2) is 4.98 Å². The lowest BCUT2D eigenvalue weighted by molar-refractivity contribution is -0.137. The third-order valence-electron chi connectivity index (χ3n) is 5.97. The summed E-state index contributed by atoms with van der Waals surface area (Å²) in [6.07, 6.45) is -3.54. The number of thiazole rings is 1. The van der Waals surface area contributed by atoms with Crippen molar-refractivity contribution in [3.8, 4) is 0 Å². The van der Waals surface area contributed by atoms with Gasteiger partial charge in [0.1, 0.15) is 5.52 Å². The zero-order valence-corrected chi connectivity index (χ0v) is 22.8. The number of benzene rings is 2. The maximum absolute atomic E-state index is 13.0. The maximum Gasteiger partial charge on any atom is 0.416 e. The Hall–Kier alpha value is -2.90. The Kier molecular flexibility index (Phi) is 8.57. The second-order valence-electron chi connectivity index (χ2n) is 8.72. The fourth-order valence-electron chi connectivity index (χ4n) is 3.97. The molecule has 0 unspecified atom stereocenters. The molecule has 2 aromatic heterocycles. The Morgan fingerprint density at radius 1 is 0.949 bits per heavy atom. The standard InChI is InChI=1S/C25H24Cl2F3N7OS/c26-17-3-1-4-18(27)19(17)33-24-34-20-21(32-16-7-5-15(6-8-16)25(28,29)30)35-23(36-22(20)39-24)31-9-2-10-37-11-13-38-14-12-37/h1,3-8H,2,9-14H2,(H,33,34)(H2,31,32,35,36). The lowest BCUT2D eigenvalue weighted by Crippen LogP contribution is -2.37. The van der Waals surface area contributed by atoms with Crippen LogP contribution in [0.15, 0.2) is 42.5 Å². The number of para-hydroxylation sites is 1. The molecule has 5 rings (SSSR count). The van der Waals surface area contributed by atoms with Gasteiger partial charge in [0.05, 0.1) is 34.5 Å². The molecule has 0 radical (unpaired) electrons. The fourth-order valence-corrected chi connectivity index (χ4v) is 5.31. The lowest BCUT2D eigenvalue weighted by atomic mass is 10.2. The molecule has 14 heteroatoms. The molecule has 0 aliphatic carbocycles. The van der Waals surface area contributed by atoms with Gasteiger partial charge in [0.15, 0.2) is 15.8 Å². The Balaban J connectivity index is 1.39. The summed E-state index contributed by atoms with van der Waals surface area (Å²) in [5.74, 6) is 0.731. The highest BCUT2D eigenvalue weighted by Crippen LogP contribution is 2.37. The number of halogens is 5. The van der Waals surface area contributed by atoms with Crippen LogP contribution in [0.1, 0.15) is 12.0 Å². The molecule has 4 aromatic rings. The summed E-state index contributed by atoms with van der Waals surface area (Å²) < 4.78 is 44.4. The normalized spacial score (nSPS) is 14.5. The highest BCUT2D eigenvalue weighted by Gasteiger charge is 2.30. The average Bonchev–Trinajstić information content (AvgIpc) is 3.32. The van der Waals surface area contributed by atoms with E-state index < -0.39 is 11.7 Å². The number of anilines is 5. The molecule has 39 heavy (non-hydrogen) atoms. The number of rotatable bonds is 9. The van der Waals surface area contributed by atoms with E-state index in [0.717, 1.165) is 51.4 Å². The second kappa shape index (κ2) is 12.1. The molecule has 0 saturated carbocycles. The van der Waals surface area contributed by atoms with Gasteiger partial charge in [0, 0.05) is 25.3 Å². The summed E-state index contributed by atoms with van der Waals surface area (Å²) in [5.41, 5.74) is 0.647. The third kappa shape index (κ3) is 7.00. The quantitative estimate of drug-likeness (QED) is 0.177. The van der Waals surface area contributed by atoms with Crippen LogP contribution < -0.4 is 16.0 Å². The molecular weight excluding hydrogens is 574 g/mol. The average molecular weight is 598 g/mol. The topological polar surface area (TPSA) is 87.2 Å². The largest absolute Gasteiger partial charge is 0.416 e. The van der Waals surface area contributed by atoms with E-state index in [2.05, 4.69) is 35.8 Å². The van der Waals surface area contributed by atoms with Gasteiger partial charge >= 0.3 is 6.18 Å². The summed E-state index contributed by atoms with van der Waals surface area (Å²) in [6.45, 7) is 4.87. The van der Waals surface area contributed by atoms with Crippen molar-refractivity contribution >= 4 is 73.2 Å². The van der Waals surface area contributed by atoms with Crippen molar-refractivity contribution in [2.45, 2.75) is 12.6 Å². The van der Waals surface area contributed by atoms with Crippen molar-refractivity contribution in [2.75, 3.05) is 55.3 Å². The number of morpholine rings is 1. The van der Waals surface area contributed by atoms with Gasteiger partial charge in [-0.2, -0.15) is 23.1 Å². The minimum absolute atomic E-state index is 0.352. The fraction of sp³-hybridized carbons (Fsp3) is 0.320. The number of alkyl halides is 3. The first-order valence-electron chi connectivity index (χ1n) is 12.1. The Bertz CT molecular complexity index is 1410. The van der Waals surface area contributed by atoms with Crippen LogP contribution in [-0.4, -0.2) is 59.2 Å². The predicted molar refractivity (Wildman–Crippen MR) is 150 cm³/mol. The molecule has 2 aromatic carbocycles. The molecule has 3 N–H and O–H groups in total. The number of ether oxygens (including phenoxy) is 1. The maximum atomic E-state index is 13.0. The van der Waals surface area contributed by atoms with Crippen LogP contribution in [-0.2, 0) is 10.9 Å². The van der Waals surface area contributed by atoms with Gasteiger partial charge in [0.25, 0.3) is 0 Å². The predicted octanol–water partition coefficient (Wildman–Crippen LogP) is 7.03. The summed E-state index contributed by atoms with van der Waals surface area (Å²) in [5, 5.41) is 10.8. The molecule has 8 nitrogen and oxygen atoms in total. The van der Waals surface area contributed by atoms with Crippen LogP contribution in [0, 0.1) is 0 Å². The zero-order chi connectivity index (χ0) is 27.4. The smallest absolute Gasteiger partial charge is 0.379 e. The number of hydrogen-bond donors (Lipinski definition) is 3. The van der Waals surface area contributed by atoms with Crippen molar-refractivity contribution in [3.63, 3.8) is 0 Å². The molecule has 1 saturated heterocycles. The molecular formula is C25H24Cl2F3N7OS. The first-order valence-corrected chi connectivity index (χ1v) is 13.7. The van der Waals surface area contributed by atoms with Crippen molar-refractivity contribution in [1.82, 2.24) is 19.9 Å². The minimum atomic E-state index is -4.42. The first-order chi connectivity index (χ1) is 18.8. The minimum Gasteiger partial charge on any atom is -0.379 e. The van der Waals surface area contributed by atoms with E-state index in [-0.39, 0.29) is 0 Å². The monoisotopic (exact) mass is 597 g/mol. The summed E-state index contributed by atoms with van der Waals surface area (Å²) >= 11 is 13.9. The molecule has 0 amide bonds. The molecule has 206 valence electrons. The van der Waals surface area contributed by atoms with Gasteiger partial charge in [-0.1, -0.05) is 40.6 Å². The zero-order valence-electron chi connectivity index (χ0n) is 20.5. The summed E-state index contributed by atoms with van der Waals surface area (Å²) in [7, 11) is 0. The van der Waals surface area contributed by atoms with E-state index in [0.29, 0.717) is 55.2 Å². The van der Waals surface area contributed by atoms with Gasteiger partial charge in [-0.15, -0.1) is 0 Å². The van der Waals surface area contributed by atoms with E-state index in [1.165, 1.54) is 23.5 Å². The van der Waals surface area contributed by atoms with Crippen LogP contribution in [0.4, 0.5) is 41.4 Å². The Morgan fingerprint density at radius 3 is 2.36 bits per heavy atom. The molecule has 1 aliphatic rings. The van der Waals surface area contributed by atoms with E-state index in [1.807, 2.05) is 0 Å². The van der Waals surface area contributed by atoms with Crippen LogP contribution in [0.2, 0.25) is 10.0 Å². The second-order valence-corrected chi connectivity index (χ2v) is 10.5. The van der Waals surface area contributed by atoms with Crippen LogP contribution in [0.5, 0.6) is 0 Å². The van der Waals surface area contributed by atoms with Gasteiger partial charge in [-0.05, 0) is 49.4 Å². The van der Waals surface area contributed by atoms with E-state index in [1.54, 1.807) is 18.2 Å². The van der Waals surface area contributed by atoms with E-state index in [4.69, 9.17) is 27.9 Å². The van der Waals surface area contributed by atoms with Crippen LogP contribution in [0.25, 0.3) is 10.3 Å². The van der Waals surface area contributed by atoms with Crippen LogP contribution >= 0.6 is 34.5 Å². The number of hydrogen-bond acceptors (Lipinski definition) is 9. The van der Waals surface area contributed by atoms with Gasteiger partial charge in [0.2, 0.25) is 5.95 Å². The van der Waals surface area contributed by atoms with Crippen molar-refractivity contribution in [3.05, 3.63) is 58.1 Å². The molecule has 0 atom stereocenters. The van der Waals surface area contributed by atoms with Gasteiger partial charge < -0.3 is 20.7 Å². The number of fused-ring (bicyclic) bond motifs is 1. The highest BCUT2D eigenvalue weighted by molar-refractivity contribution is 7.22. The summed E-state index contributed by atoms with van der Waals surface area (Å²) in [4.78, 5) is 16.7. The molecule has 0 bridgehead atoms. The number of aromatic nitrogens is 3. The Morgan fingerprint density at radius 2 is 1.67 bits per heavy atom. The van der Waals surface area contributed by atoms with E-state index in [9.17, 15) is 13.2 Å². The number of nitrogens with one attached hydrogen (secondary N) is 3. The van der Waals surface area contributed by atoms with Crippen molar-refractivity contribution in [2.24, 2.45) is 0 Å². The highest BCUT2D eigenvalue weighted by atomic mass is 35.5.